The number of nitrogens with zero attached hydrogens (tertiary/aromatic N) is 2. The van der Waals surface area contributed by atoms with Crippen LogP contribution in [-0.2, 0) is 14.8 Å². The summed E-state index contributed by atoms with van der Waals surface area (Å²) in [4.78, 5) is 16.2. The third-order valence-electron chi connectivity index (χ3n) is 4.12. The second-order valence-corrected chi connectivity index (χ2v) is 8.75. The van der Waals surface area contributed by atoms with Gasteiger partial charge in [-0.3, -0.25) is 9.89 Å². The number of rotatable bonds is 5. The van der Waals surface area contributed by atoms with Crippen LogP contribution in [0, 0.1) is 0 Å². The van der Waals surface area contributed by atoms with Crippen LogP contribution in [0.1, 0.15) is 10.5 Å². The van der Waals surface area contributed by atoms with E-state index < -0.39 is 15.9 Å². The fraction of sp³-hybridized carbons (Fsp3) is 0.250. The molecule has 1 fully saturated rings. The van der Waals surface area contributed by atoms with Crippen LogP contribution >= 0.6 is 11.3 Å². The van der Waals surface area contributed by atoms with Crippen molar-refractivity contribution in [2.24, 2.45) is 0 Å². The number of anilines is 1. The van der Waals surface area contributed by atoms with Crippen LogP contribution in [0.5, 0.6) is 0 Å². The average Bonchev–Trinajstić information content (AvgIpc) is 3.42. The lowest BCUT2D eigenvalue weighted by molar-refractivity contribution is 0.0730. The van der Waals surface area contributed by atoms with Gasteiger partial charge < -0.3 is 15.0 Å². The van der Waals surface area contributed by atoms with E-state index in [1.54, 1.807) is 17.4 Å². The van der Waals surface area contributed by atoms with Crippen molar-refractivity contribution in [1.82, 2.24) is 19.5 Å². The zero-order chi connectivity index (χ0) is 18.9. The molecule has 0 unspecified atom stereocenters. The van der Waals surface area contributed by atoms with Gasteiger partial charge in [-0.1, -0.05) is 6.07 Å². The fourth-order valence-electron chi connectivity index (χ4n) is 2.72. The lowest BCUT2D eigenvalue weighted by Crippen LogP contribution is -2.40. The molecule has 1 aliphatic rings. The minimum Gasteiger partial charge on any atom is -0.379 e. The van der Waals surface area contributed by atoms with Gasteiger partial charge in [0.2, 0.25) is 10.0 Å². The summed E-state index contributed by atoms with van der Waals surface area (Å²) < 4.78 is 31.8. The van der Waals surface area contributed by atoms with Gasteiger partial charge in [0, 0.05) is 25.4 Å². The Labute approximate surface area is 159 Å². The molecule has 3 aromatic rings. The molecule has 3 aromatic heterocycles. The van der Waals surface area contributed by atoms with Crippen molar-refractivity contribution in [3.8, 4) is 10.6 Å². The molecule has 0 spiro atoms. The molecule has 1 saturated heterocycles. The number of carbonyl (C=O) groups is 1. The molecular weight excluding hydrogens is 390 g/mol. The van der Waals surface area contributed by atoms with Crippen LogP contribution in [0.15, 0.2) is 40.7 Å². The van der Waals surface area contributed by atoms with Crippen LogP contribution in [0.3, 0.4) is 0 Å². The molecule has 0 bridgehead atoms. The number of hydrogen-bond acceptors (Lipinski definition) is 6. The Balaban J connectivity index is 1.47. The van der Waals surface area contributed by atoms with Crippen LogP contribution in [0.4, 0.5) is 5.82 Å². The third-order valence-corrected chi connectivity index (χ3v) is 6.89. The highest BCUT2D eigenvalue weighted by Gasteiger charge is 2.28. The maximum Gasteiger partial charge on any atom is 0.273 e. The van der Waals surface area contributed by atoms with Crippen molar-refractivity contribution in [2.75, 3.05) is 31.6 Å². The first-order chi connectivity index (χ1) is 13.0. The van der Waals surface area contributed by atoms with E-state index >= 15 is 0 Å². The van der Waals surface area contributed by atoms with E-state index in [0.717, 1.165) is 10.6 Å². The quantitative estimate of drug-likeness (QED) is 0.595. The summed E-state index contributed by atoms with van der Waals surface area (Å²) in [5.41, 5.74) is 0.935. The lowest BCUT2D eigenvalue weighted by atomic mass is 10.3. The number of thiophene rings is 1. The molecule has 11 heteroatoms. The van der Waals surface area contributed by atoms with E-state index in [2.05, 4.69) is 20.5 Å². The number of nitrogens with one attached hydrogen (secondary N) is 3. The maximum absolute atomic E-state index is 12.6. The van der Waals surface area contributed by atoms with Crippen molar-refractivity contribution < 1.29 is 17.9 Å². The van der Waals surface area contributed by atoms with E-state index in [1.807, 2.05) is 17.5 Å². The number of aromatic nitrogens is 3. The average molecular weight is 407 g/mol. The van der Waals surface area contributed by atoms with Gasteiger partial charge in [-0.25, -0.2) is 8.42 Å². The van der Waals surface area contributed by atoms with Gasteiger partial charge in [0.05, 0.1) is 23.8 Å². The Morgan fingerprint density at radius 3 is 2.85 bits per heavy atom. The number of ether oxygens (including phenoxy) is 1. The van der Waals surface area contributed by atoms with Crippen molar-refractivity contribution in [1.29, 1.82) is 0 Å². The Morgan fingerprint density at radius 2 is 2.11 bits per heavy atom. The number of carbonyl (C=O) groups excluding carboxylic acids is 1. The van der Waals surface area contributed by atoms with Crippen LogP contribution in [0.2, 0.25) is 0 Å². The normalized spacial score (nSPS) is 15.7. The van der Waals surface area contributed by atoms with Crippen LogP contribution < -0.4 is 5.32 Å². The number of hydrogen-bond donors (Lipinski definition) is 3. The summed E-state index contributed by atoms with van der Waals surface area (Å²) in [6.45, 7) is 1.33. The predicted molar refractivity (Wildman–Crippen MR) is 100 cm³/mol. The number of sulfonamides is 1. The molecule has 1 aliphatic heterocycles. The Bertz CT molecular complexity index is 1030. The summed E-state index contributed by atoms with van der Waals surface area (Å²) in [5, 5.41) is 11.5. The van der Waals surface area contributed by atoms with Crippen molar-refractivity contribution in [3.63, 3.8) is 0 Å². The highest BCUT2D eigenvalue weighted by Crippen LogP contribution is 2.24. The minimum absolute atomic E-state index is 0.0517. The molecule has 4 heterocycles. The maximum atomic E-state index is 12.6. The molecule has 27 heavy (non-hydrogen) atoms. The van der Waals surface area contributed by atoms with Gasteiger partial charge in [-0.15, -0.1) is 11.3 Å². The van der Waals surface area contributed by atoms with Crippen molar-refractivity contribution in [2.45, 2.75) is 4.90 Å². The molecule has 4 rings (SSSR count). The minimum atomic E-state index is -3.65. The summed E-state index contributed by atoms with van der Waals surface area (Å²) in [6.07, 6.45) is 1.32. The van der Waals surface area contributed by atoms with Crippen LogP contribution in [-0.4, -0.2) is 60.1 Å². The topological polar surface area (TPSA) is 120 Å². The van der Waals surface area contributed by atoms with Gasteiger partial charge in [0.25, 0.3) is 5.91 Å². The van der Waals surface area contributed by atoms with Gasteiger partial charge >= 0.3 is 0 Å². The molecule has 0 aromatic carbocycles. The third kappa shape index (κ3) is 3.67. The van der Waals surface area contributed by atoms with E-state index in [9.17, 15) is 13.2 Å². The first-order valence-electron chi connectivity index (χ1n) is 8.21. The highest BCUT2D eigenvalue weighted by atomic mass is 32.2. The van der Waals surface area contributed by atoms with E-state index in [1.165, 1.54) is 16.6 Å². The van der Waals surface area contributed by atoms with E-state index in [-0.39, 0.29) is 10.6 Å². The van der Waals surface area contributed by atoms with Gasteiger partial charge in [-0.2, -0.15) is 9.40 Å². The molecule has 0 aliphatic carbocycles. The van der Waals surface area contributed by atoms with E-state index in [4.69, 9.17) is 4.74 Å². The monoisotopic (exact) mass is 407 g/mol. The molecule has 142 valence electrons. The van der Waals surface area contributed by atoms with Gasteiger partial charge in [0.15, 0.2) is 5.82 Å². The Kier molecular flexibility index (Phi) is 4.83. The fourth-order valence-corrected chi connectivity index (χ4v) is 4.81. The standard InChI is InChI=1S/C16H17N5O4S2/c22-16(18-15-9-12(19-20-15)14-2-1-7-26-14)13-8-11(10-17-13)27(23,24)21-3-5-25-6-4-21/h1-2,7-10,17H,3-6H2,(H2,18,19,20,22). The number of aromatic amines is 2. The SMILES string of the molecule is O=C(Nc1cc(-c2cccs2)[nH]n1)c1cc(S(=O)(=O)N2CCOCC2)c[nH]1. The summed E-state index contributed by atoms with van der Waals surface area (Å²) in [5.74, 6) is -0.113. The van der Waals surface area contributed by atoms with Gasteiger partial charge in [-0.05, 0) is 17.5 Å². The second kappa shape index (κ2) is 7.27. The summed E-state index contributed by atoms with van der Waals surface area (Å²) >= 11 is 1.55. The zero-order valence-electron chi connectivity index (χ0n) is 14.1. The first kappa shape index (κ1) is 17.9. The smallest absolute Gasteiger partial charge is 0.273 e. The Morgan fingerprint density at radius 1 is 1.30 bits per heavy atom. The molecule has 3 N–H and O–H groups in total. The number of amides is 1. The Hall–Kier alpha value is -2.47. The molecule has 0 atom stereocenters. The molecule has 1 amide bonds. The second-order valence-electron chi connectivity index (χ2n) is 5.86. The molecule has 0 saturated carbocycles. The predicted octanol–water partition coefficient (Wildman–Crippen LogP) is 1.74. The summed E-state index contributed by atoms with van der Waals surface area (Å²) in [7, 11) is -3.65. The number of morpholine rings is 1. The largest absolute Gasteiger partial charge is 0.379 e. The lowest BCUT2D eigenvalue weighted by Gasteiger charge is -2.25. The van der Waals surface area contributed by atoms with Crippen molar-refractivity contribution in [3.05, 3.63) is 41.5 Å². The zero-order valence-corrected chi connectivity index (χ0v) is 15.8. The van der Waals surface area contributed by atoms with E-state index in [0.29, 0.717) is 32.1 Å². The molecular formula is C16H17N5O4S2. The number of H-pyrrole nitrogens is 2. The van der Waals surface area contributed by atoms with Crippen LogP contribution in [0.25, 0.3) is 10.6 Å². The first-order valence-corrected chi connectivity index (χ1v) is 10.5. The highest BCUT2D eigenvalue weighted by molar-refractivity contribution is 7.89. The van der Waals surface area contributed by atoms with Crippen molar-refractivity contribution >= 4 is 33.1 Å². The molecule has 9 nitrogen and oxygen atoms in total. The molecule has 0 radical (unpaired) electrons. The summed E-state index contributed by atoms with van der Waals surface area (Å²) in [6, 6.07) is 6.91. The van der Waals surface area contributed by atoms with Gasteiger partial charge in [0.1, 0.15) is 10.6 Å².